The van der Waals surface area contributed by atoms with E-state index in [1.165, 1.54) is 0 Å². The summed E-state index contributed by atoms with van der Waals surface area (Å²) >= 11 is 0. The van der Waals surface area contributed by atoms with E-state index >= 15 is 0 Å². The third-order valence-corrected chi connectivity index (χ3v) is 2.95. The maximum absolute atomic E-state index is 11.8. The number of aromatic amines is 1. The Balaban J connectivity index is 1.75. The quantitative estimate of drug-likeness (QED) is 0.492. The van der Waals surface area contributed by atoms with Gasteiger partial charge in [-0.2, -0.15) is 0 Å². The van der Waals surface area contributed by atoms with Gasteiger partial charge in [0.05, 0.1) is 23.8 Å². The maximum Gasteiger partial charge on any atom is 0.237 e. The van der Waals surface area contributed by atoms with E-state index in [4.69, 9.17) is 5.73 Å². The monoisotopic (exact) mass is 251 g/mol. The zero-order valence-corrected chi connectivity index (χ0v) is 10.0. The van der Waals surface area contributed by atoms with Crippen LogP contribution in [0.4, 0.5) is 0 Å². The number of nitrogens with zero attached hydrogens (tertiary/aromatic N) is 1. The lowest BCUT2D eigenvalue weighted by Crippen LogP contribution is -2.48. The highest BCUT2D eigenvalue weighted by Crippen LogP contribution is 2.11. The second-order valence-electron chi connectivity index (χ2n) is 4.33. The number of primary amides is 1. The van der Waals surface area contributed by atoms with E-state index in [2.05, 4.69) is 20.6 Å². The standard InChI is InChI=1S/C11H17N5O2/c12-10(17)2-1-3-13-11(18)8-4-7-9(5-14-8)16-6-15-7/h6,8,14H,1-5H2,(H2,12,17)(H,13,18)(H,15,16). The van der Waals surface area contributed by atoms with Crippen molar-refractivity contribution >= 4 is 11.8 Å². The SMILES string of the molecule is NC(=O)CCCNC(=O)C1Cc2nc[nH]c2CN1. The van der Waals surface area contributed by atoms with Crippen molar-refractivity contribution in [3.05, 3.63) is 17.7 Å². The number of amides is 2. The first-order chi connectivity index (χ1) is 8.66. The van der Waals surface area contributed by atoms with Crippen LogP contribution in [0.5, 0.6) is 0 Å². The summed E-state index contributed by atoms with van der Waals surface area (Å²) in [7, 11) is 0. The highest BCUT2D eigenvalue weighted by molar-refractivity contribution is 5.82. The van der Waals surface area contributed by atoms with E-state index in [0.717, 1.165) is 11.4 Å². The molecule has 2 heterocycles. The molecule has 2 rings (SSSR count). The Morgan fingerprint density at radius 1 is 1.56 bits per heavy atom. The molecule has 0 spiro atoms. The van der Waals surface area contributed by atoms with Crippen molar-refractivity contribution in [2.45, 2.75) is 31.8 Å². The Kier molecular flexibility index (Phi) is 3.93. The van der Waals surface area contributed by atoms with Gasteiger partial charge in [0, 0.05) is 25.9 Å². The Bertz CT molecular complexity index is 442. The van der Waals surface area contributed by atoms with Gasteiger partial charge < -0.3 is 16.0 Å². The molecule has 18 heavy (non-hydrogen) atoms. The summed E-state index contributed by atoms with van der Waals surface area (Å²) in [6, 6.07) is -0.255. The van der Waals surface area contributed by atoms with Gasteiger partial charge in [0.2, 0.25) is 11.8 Å². The second-order valence-corrected chi connectivity index (χ2v) is 4.33. The lowest BCUT2D eigenvalue weighted by molar-refractivity contribution is -0.123. The van der Waals surface area contributed by atoms with Crippen molar-refractivity contribution in [2.24, 2.45) is 5.73 Å². The molecule has 5 N–H and O–H groups in total. The minimum absolute atomic E-state index is 0.0619. The van der Waals surface area contributed by atoms with Gasteiger partial charge in [-0.05, 0) is 6.42 Å². The normalized spacial score (nSPS) is 18.1. The van der Waals surface area contributed by atoms with Gasteiger partial charge in [-0.1, -0.05) is 0 Å². The van der Waals surface area contributed by atoms with Crippen LogP contribution in [0.1, 0.15) is 24.2 Å². The first-order valence-corrected chi connectivity index (χ1v) is 5.97. The fourth-order valence-electron chi connectivity index (χ4n) is 1.95. The number of carbonyl (C=O) groups excluding carboxylic acids is 2. The van der Waals surface area contributed by atoms with Gasteiger partial charge in [-0.15, -0.1) is 0 Å². The van der Waals surface area contributed by atoms with E-state index in [1.54, 1.807) is 6.33 Å². The predicted molar refractivity (Wildman–Crippen MR) is 64.4 cm³/mol. The molecule has 0 saturated carbocycles. The summed E-state index contributed by atoms with van der Waals surface area (Å²) in [4.78, 5) is 29.6. The lowest BCUT2D eigenvalue weighted by atomic mass is 10.0. The first kappa shape index (κ1) is 12.6. The molecule has 1 aromatic heterocycles. The van der Waals surface area contributed by atoms with Crippen molar-refractivity contribution in [3.63, 3.8) is 0 Å². The average Bonchev–Trinajstić information content (AvgIpc) is 2.81. The highest BCUT2D eigenvalue weighted by Gasteiger charge is 2.25. The predicted octanol–water partition coefficient (Wildman–Crippen LogP) is -1.19. The zero-order chi connectivity index (χ0) is 13.0. The summed E-state index contributed by atoms with van der Waals surface area (Å²) < 4.78 is 0. The van der Waals surface area contributed by atoms with Crippen LogP contribution in [0.25, 0.3) is 0 Å². The molecule has 0 fully saturated rings. The molecule has 2 amide bonds. The fourth-order valence-corrected chi connectivity index (χ4v) is 1.95. The number of nitrogens with one attached hydrogen (secondary N) is 3. The Labute approximate surface area is 105 Å². The van der Waals surface area contributed by atoms with Gasteiger partial charge in [0.15, 0.2) is 0 Å². The molecule has 1 aliphatic heterocycles. The summed E-state index contributed by atoms with van der Waals surface area (Å²) in [5, 5.41) is 5.92. The number of H-pyrrole nitrogens is 1. The van der Waals surface area contributed by atoms with Gasteiger partial charge in [0.1, 0.15) is 0 Å². The topological polar surface area (TPSA) is 113 Å². The first-order valence-electron chi connectivity index (χ1n) is 5.97. The van der Waals surface area contributed by atoms with Crippen LogP contribution in [0.3, 0.4) is 0 Å². The minimum atomic E-state index is -0.346. The number of hydrogen-bond donors (Lipinski definition) is 4. The number of aromatic nitrogens is 2. The Morgan fingerprint density at radius 2 is 2.39 bits per heavy atom. The van der Waals surface area contributed by atoms with Gasteiger partial charge in [0.25, 0.3) is 0 Å². The molecule has 1 aromatic rings. The largest absolute Gasteiger partial charge is 0.370 e. The summed E-state index contributed by atoms with van der Waals surface area (Å²) in [6.07, 6.45) is 3.09. The van der Waals surface area contributed by atoms with Gasteiger partial charge in [-0.3, -0.25) is 14.9 Å². The molecule has 1 aliphatic rings. The molecule has 0 bridgehead atoms. The highest BCUT2D eigenvalue weighted by atomic mass is 16.2. The number of fused-ring (bicyclic) bond motifs is 1. The minimum Gasteiger partial charge on any atom is -0.370 e. The van der Waals surface area contributed by atoms with E-state index < -0.39 is 0 Å². The maximum atomic E-state index is 11.8. The Hall–Kier alpha value is -1.89. The molecule has 0 aliphatic carbocycles. The van der Waals surface area contributed by atoms with Crippen LogP contribution in [0.2, 0.25) is 0 Å². The van der Waals surface area contributed by atoms with E-state index in [0.29, 0.717) is 32.4 Å². The zero-order valence-electron chi connectivity index (χ0n) is 10.0. The molecule has 0 saturated heterocycles. The summed E-state index contributed by atoms with van der Waals surface area (Å²) in [5.74, 6) is -0.408. The molecule has 7 nitrogen and oxygen atoms in total. The number of nitrogens with two attached hydrogens (primary N) is 1. The molecule has 0 aromatic carbocycles. The van der Waals surface area contributed by atoms with E-state index in [-0.39, 0.29) is 17.9 Å². The van der Waals surface area contributed by atoms with Crippen LogP contribution < -0.4 is 16.4 Å². The van der Waals surface area contributed by atoms with Crippen molar-refractivity contribution in [2.75, 3.05) is 6.54 Å². The molecule has 1 atom stereocenters. The van der Waals surface area contributed by atoms with E-state index in [1.807, 2.05) is 0 Å². The molecule has 1 unspecified atom stereocenters. The van der Waals surface area contributed by atoms with Crippen LogP contribution >= 0.6 is 0 Å². The van der Waals surface area contributed by atoms with Crippen molar-refractivity contribution in [1.29, 1.82) is 0 Å². The molecule has 0 radical (unpaired) electrons. The van der Waals surface area contributed by atoms with E-state index in [9.17, 15) is 9.59 Å². The molecular weight excluding hydrogens is 234 g/mol. The van der Waals surface area contributed by atoms with Gasteiger partial charge in [-0.25, -0.2) is 4.98 Å². The summed E-state index contributed by atoms with van der Waals surface area (Å²) in [5.41, 5.74) is 6.99. The van der Waals surface area contributed by atoms with Crippen LogP contribution in [-0.2, 0) is 22.6 Å². The third-order valence-electron chi connectivity index (χ3n) is 2.95. The van der Waals surface area contributed by atoms with Crippen molar-refractivity contribution in [3.8, 4) is 0 Å². The second kappa shape index (κ2) is 5.63. The smallest absolute Gasteiger partial charge is 0.237 e. The average molecular weight is 251 g/mol. The number of carbonyl (C=O) groups is 2. The fraction of sp³-hybridized carbons (Fsp3) is 0.545. The number of hydrogen-bond acceptors (Lipinski definition) is 4. The summed E-state index contributed by atoms with van der Waals surface area (Å²) in [6.45, 7) is 1.09. The van der Waals surface area contributed by atoms with Crippen LogP contribution in [0.15, 0.2) is 6.33 Å². The van der Waals surface area contributed by atoms with Crippen molar-refractivity contribution < 1.29 is 9.59 Å². The van der Waals surface area contributed by atoms with Crippen molar-refractivity contribution in [1.82, 2.24) is 20.6 Å². The lowest BCUT2D eigenvalue weighted by Gasteiger charge is -2.22. The third kappa shape index (κ3) is 3.07. The number of rotatable bonds is 5. The molecule has 7 heteroatoms. The van der Waals surface area contributed by atoms with Crippen LogP contribution in [-0.4, -0.2) is 34.4 Å². The van der Waals surface area contributed by atoms with Gasteiger partial charge >= 0.3 is 0 Å². The molecular formula is C11H17N5O2. The number of imidazole rings is 1. The Morgan fingerprint density at radius 3 is 3.17 bits per heavy atom. The molecule has 98 valence electrons. The van der Waals surface area contributed by atoms with Crippen LogP contribution in [0, 0.1) is 0 Å².